The van der Waals surface area contributed by atoms with Crippen LogP contribution < -0.4 is 5.32 Å². The minimum absolute atomic E-state index is 0.0209. The number of amides is 1. The molecule has 0 radical (unpaired) electrons. The predicted molar refractivity (Wildman–Crippen MR) is 64.0 cm³/mol. The van der Waals surface area contributed by atoms with Gasteiger partial charge in [-0.15, -0.1) is 0 Å². The zero-order chi connectivity index (χ0) is 11.3. The summed E-state index contributed by atoms with van der Waals surface area (Å²) in [4.78, 5) is 11.8. The maximum absolute atomic E-state index is 11.8. The topological polar surface area (TPSA) is 49.3 Å². The lowest BCUT2D eigenvalue weighted by molar-refractivity contribution is -0.122. The van der Waals surface area contributed by atoms with Gasteiger partial charge in [0.1, 0.15) is 0 Å². The number of aliphatic hydroxyl groups excluding tert-OH is 1. The summed E-state index contributed by atoms with van der Waals surface area (Å²) in [7, 11) is 0. The van der Waals surface area contributed by atoms with Crippen molar-refractivity contribution in [2.75, 3.05) is 6.26 Å². The molecule has 0 saturated heterocycles. The van der Waals surface area contributed by atoms with Gasteiger partial charge in [-0.3, -0.25) is 4.79 Å². The molecule has 0 aromatic heterocycles. The van der Waals surface area contributed by atoms with Crippen LogP contribution in [0.1, 0.15) is 39.0 Å². The summed E-state index contributed by atoms with van der Waals surface area (Å²) in [5, 5.41) is 12.7. The van der Waals surface area contributed by atoms with Crippen LogP contribution in [0.5, 0.6) is 0 Å². The lowest BCUT2D eigenvalue weighted by Gasteiger charge is -2.29. The van der Waals surface area contributed by atoms with E-state index in [1.807, 2.05) is 13.2 Å². The monoisotopic (exact) mass is 231 g/mol. The van der Waals surface area contributed by atoms with Gasteiger partial charge in [-0.2, -0.15) is 11.8 Å². The maximum Gasteiger partial charge on any atom is 0.233 e. The average Bonchev–Trinajstić information content (AvgIpc) is 2.23. The van der Waals surface area contributed by atoms with Gasteiger partial charge in [0.05, 0.1) is 17.4 Å². The van der Waals surface area contributed by atoms with E-state index in [0.717, 1.165) is 32.1 Å². The van der Waals surface area contributed by atoms with Gasteiger partial charge < -0.3 is 10.4 Å². The zero-order valence-electron chi connectivity index (χ0n) is 9.53. The van der Waals surface area contributed by atoms with Crippen LogP contribution >= 0.6 is 11.8 Å². The Labute approximate surface area is 96.0 Å². The number of rotatable bonds is 4. The van der Waals surface area contributed by atoms with E-state index in [-0.39, 0.29) is 23.3 Å². The fourth-order valence-electron chi connectivity index (χ4n) is 2.01. The number of thioether (sulfide) groups is 1. The Morgan fingerprint density at radius 1 is 1.53 bits per heavy atom. The highest BCUT2D eigenvalue weighted by atomic mass is 32.2. The van der Waals surface area contributed by atoms with Crippen molar-refractivity contribution >= 4 is 17.7 Å². The Balaban J connectivity index is 2.41. The molecule has 0 heterocycles. The average molecular weight is 231 g/mol. The van der Waals surface area contributed by atoms with Crippen LogP contribution in [0.4, 0.5) is 0 Å². The van der Waals surface area contributed by atoms with Crippen LogP contribution in [0.25, 0.3) is 0 Å². The van der Waals surface area contributed by atoms with E-state index in [1.54, 1.807) is 11.8 Å². The lowest BCUT2D eigenvalue weighted by Crippen LogP contribution is -2.47. The molecule has 88 valence electrons. The third kappa shape index (κ3) is 3.68. The van der Waals surface area contributed by atoms with E-state index in [1.165, 1.54) is 0 Å². The second kappa shape index (κ2) is 6.38. The molecule has 1 aliphatic carbocycles. The Morgan fingerprint density at radius 2 is 2.20 bits per heavy atom. The molecule has 0 aromatic carbocycles. The summed E-state index contributed by atoms with van der Waals surface area (Å²) in [6, 6.07) is -0.0209. The number of nitrogens with one attached hydrogen (secondary N) is 1. The third-order valence-electron chi connectivity index (χ3n) is 3.00. The molecule has 1 amide bonds. The molecule has 3 atom stereocenters. The molecule has 3 unspecified atom stereocenters. The highest BCUT2D eigenvalue weighted by Crippen LogP contribution is 2.19. The summed E-state index contributed by atoms with van der Waals surface area (Å²) < 4.78 is 0. The fraction of sp³-hybridized carbons (Fsp3) is 0.909. The van der Waals surface area contributed by atoms with Gasteiger partial charge in [0.15, 0.2) is 0 Å². The molecular formula is C11H21NO2S. The van der Waals surface area contributed by atoms with Gasteiger partial charge >= 0.3 is 0 Å². The quantitative estimate of drug-likeness (QED) is 0.772. The molecule has 1 saturated carbocycles. The first-order valence-electron chi connectivity index (χ1n) is 5.70. The van der Waals surface area contributed by atoms with Gasteiger partial charge in [0, 0.05) is 0 Å². The number of hydrogen-bond acceptors (Lipinski definition) is 3. The number of hydrogen-bond donors (Lipinski definition) is 2. The molecule has 0 bridgehead atoms. The van der Waals surface area contributed by atoms with Crippen molar-refractivity contribution < 1.29 is 9.90 Å². The summed E-state index contributed by atoms with van der Waals surface area (Å²) in [6.07, 6.45) is 6.37. The molecule has 4 heteroatoms. The van der Waals surface area contributed by atoms with Crippen molar-refractivity contribution in [2.45, 2.75) is 56.4 Å². The number of aliphatic hydroxyl groups is 1. The highest BCUT2D eigenvalue weighted by molar-refractivity contribution is 7.99. The first-order chi connectivity index (χ1) is 7.19. The van der Waals surface area contributed by atoms with E-state index >= 15 is 0 Å². The summed E-state index contributed by atoms with van der Waals surface area (Å²) in [6.45, 7) is 2.01. The van der Waals surface area contributed by atoms with Crippen LogP contribution in [-0.2, 0) is 4.79 Å². The largest absolute Gasteiger partial charge is 0.391 e. The second-order valence-corrected chi connectivity index (χ2v) is 5.14. The molecule has 1 rings (SSSR count). The zero-order valence-corrected chi connectivity index (χ0v) is 10.3. The van der Waals surface area contributed by atoms with Crippen molar-refractivity contribution in [3.63, 3.8) is 0 Å². The summed E-state index contributed by atoms with van der Waals surface area (Å²) in [5.74, 6) is 0.0796. The first-order valence-corrected chi connectivity index (χ1v) is 6.99. The Morgan fingerprint density at radius 3 is 2.73 bits per heavy atom. The first kappa shape index (κ1) is 12.8. The van der Waals surface area contributed by atoms with Gasteiger partial charge in [0.2, 0.25) is 5.91 Å². The van der Waals surface area contributed by atoms with E-state index < -0.39 is 0 Å². The van der Waals surface area contributed by atoms with Crippen molar-refractivity contribution in [3.8, 4) is 0 Å². The molecule has 15 heavy (non-hydrogen) atoms. The lowest BCUT2D eigenvalue weighted by atomic mass is 9.92. The van der Waals surface area contributed by atoms with Crippen LogP contribution in [0.15, 0.2) is 0 Å². The third-order valence-corrected chi connectivity index (χ3v) is 4.12. The van der Waals surface area contributed by atoms with Gasteiger partial charge in [-0.05, 0) is 25.5 Å². The van der Waals surface area contributed by atoms with Crippen LogP contribution in [0.3, 0.4) is 0 Å². The van der Waals surface area contributed by atoms with Crippen molar-refractivity contribution in [1.82, 2.24) is 5.32 Å². The minimum atomic E-state index is -0.345. The SMILES string of the molecule is CCC(SC)C(=O)NC1CCCCC1O. The normalized spacial score (nSPS) is 28.5. The van der Waals surface area contributed by atoms with Crippen LogP contribution in [0.2, 0.25) is 0 Å². The Hall–Kier alpha value is -0.220. The smallest absolute Gasteiger partial charge is 0.233 e. The minimum Gasteiger partial charge on any atom is -0.391 e. The standard InChI is InChI=1S/C11H21NO2S/c1-3-10(15-2)11(14)12-8-6-4-5-7-9(8)13/h8-10,13H,3-7H2,1-2H3,(H,12,14). The Kier molecular flexibility index (Phi) is 5.47. The van der Waals surface area contributed by atoms with Crippen LogP contribution in [-0.4, -0.2) is 34.7 Å². The number of carbonyl (C=O) groups is 1. The molecule has 1 fully saturated rings. The second-order valence-electron chi connectivity index (χ2n) is 4.10. The van der Waals surface area contributed by atoms with E-state index in [9.17, 15) is 9.90 Å². The van der Waals surface area contributed by atoms with Crippen LogP contribution in [0, 0.1) is 0 Å². The highest BCUT2D eigenvalue weighted by Gasteiger charge is 2.26. The molecule has 0 aromatic rings. The molecule has 3 nitrogen and oxygen atoms in total. The van der Waals surface area contributed by atoms with Gasteiger partial charge in [-0.1, -0.05) is 19.8 Å². The predicted octanol–water partition coefficient (Wildman–Crippen LogP) is 1.55. The maximum atomic E-state index is 11.8. The van der Waals surface area contributed by atoms with E-state index in [4.69, 9.17) is 0 Å². The van der Waals surface area contributed by atoms with E-state index in [0.29, 0.717) is 0 Å². The van der Waals surface area contributed by atoms with Crippen molar-refractivity contribution in [3.05, 3.63) is 0 Å². The number of carbonyl (C=O) groups excluding carboxylic acids is 1. The fourth-order valence-corrected chi connectivity index (χ4v) is 2.63. The molecular weight excluding hydrogens is 210 g/mol. The van der Waals surface area contributed by atoms with Crippen molar-refractivity contribution in [1.29, 1.82) is 0 Å². The Bertz CT molecular complexity index is 207. The molecule has 0 aliphatic heterocycles. The van der Waals surface area contributed by atoms with Crippen molar-refractivity contribution in [2.24, 2.45) is 0 Å². The molecule has 2 N–H and O–H groups in total. The summed E-state index contributed by atoms with van der Waals surface area (Å²) >= 11 is 1.57. The van der Waals surface area contributed by atoms with Gasteiger partial charge in [-0.25, -0.2) is 0 Å². The van der Waals surface area contributed by atoms with Gasteiger partial charge in [0.25, 0.3) is 0 Å². The molecule has 1 aliphatic rings. The summed E-state index contributed by atoms with van der Waals surface area (Å²) in [5.41, 5.74) is 0. The van der Waals surface area contributed by atoms with E-state index in [2.05, 4.69) is 5.32 Å². The molecule has 0 spiro atoms.